The highest BCUT2D eigenvalue weighted by atomic mass is 32.2. The Kier molecular flexibility index (Phi) is 19.8. The largest absolute Gasteiger partial charge is 0.214 e. The lowest BCUT2D eigenvalue weighted by Gasteiger charge is -2.23. The molecular formula is C25H53NO2S. The first-order chi connectivity index (χ1) is 14.0. The second kappa shape index (κ2) is 19.8. The molecule has 1 N–H and O–H groups in total. The molecule has 0 bridgehead atoms. The standard InChI is InChI=1S/C25H53NO2S/c1-5-9-12-14-15-16-18-21-24(20-8-4)26-29(27,28)25(22-17-11-7-3)23-19-13-10-6-2/h24-26H,5-23H2,1-4H3. The zero-order chi connectivity index (χ0) is 21.8. The summed E-state index contributed by atoms with van der Waals surface area (Å²) >= 11 is 0. The summed E-state index contributed by atoms with van der Waals surface area (Å²) in [6.07, 6.45) is 21.6. The Bertz CT molecular complexity index is 436. The molecule has 0 saturated carbocycles. The number of nitrogens with one attached hydrogen (secondary N) is 1. The quantitative estimate of drug-likeness (QED) is 0.176. The van der Waals surface area contributed by atoms with Crippen molar-refractivity contribution in [2.75, 3.05) is 0 Å². The lowest BCUT2D eigenvalue weighted by atomic mass is 10.0. The van der Waals surface area contributed by atoms with Gasteiger partial charge in [0.15, 0.2) is 0 Å². The number of hydrogen-bond donors (Lipinski definition) is 1. The van der Waals surface area contributed by atoms with Crippen LogP contribution < -0.4 is 4.72 Å². The number of hydrogen-bond acceptors (Lipinski definition) is 2. The van der Waals surface area contributed by atoms with Crippen molar-refractivity contribution in [2.45, 2.75) is 161 Å². The Hall–Kier alpha value is -0.0900. The minimum atomic E-state index is -3.22. The van der Waals surface area contributed by atoms with Crippen molar-refractivity contribution in [2.24, 2.45) is 0 Å². The summed E-state index contributed by atoms with van der Waals surface area (Å²) in [4.78, 5) is 0. The van der Waals surface area contributed by atoms with Crippen LogP contribution in [0.4, 0.5) is 0 Å². The second-order valence-corrected chi connectivity index (χ2v) is 11.0. The molecule has 0 fully saturated rings. The van der Waals surface area contributed by atoms with Crippen LogP contribution in [0.2, 0.25) is 0 Å². The molecule has 0 aliphatic heterocycles. The topological polar surface area (TPSA) is 46.2 Å². The molecule has 0 spiro atoms. The van der Waals surface area contributed by atoms with Gasteiger partial charge >= 0.3 is 0 Å². The molecule has 0 aromatic rings. The van der Waals surface area contributed by atoms with Gasteiger partial charge in [-0.2, -0.15) is 0 Å². The fourth-order valence-corrected chi connectivity index (χ4v) is 6.01. The van der Waals surface area contributed by atoms with Crippen LogP contribution in [-0.4, -0.2) is 19.7 Å². The summed E-state index contributed by atoms with van der Waals surface area (Å²) in [5.74, 6) is 0. The summed E-state index contributed by atoms with van der Waals surface area (Å²) in [7, 11) is -3.22. The molecule has 0 rings (SSSR count). The molecule has 3 nitrogen and oxygen atoms in total. The highest BCUT2D eigenvalue weighted by Crippen LogP contribution is 2.20. The van der Waals surface area contributed by atoms with Crippen molar-refractivity contribution >= 4 is 10.0 Å². The lowest BCUT2D eigenvalue weighted by molar-refractivity contribution is 0.457. The highest BCUT2D eigenvalue weighted by molar-refractivity contribution is 7.90. The summed E-state index contributed by atoms with van der Waals surface area (Å²) < 4.78 is 29.5. The first kappa shape index (κ1) is 28.9. The first-order valence-electron chi connectivity index (χ1n) is 13.0. The molecule has 0 radical (unpaired) electrons. The van der Waals surface area contributed by atoms with Gasteiger partial charge in [0, 0.05) is 6.04 Å². The molecule has 0 saturated heterocycles. The Morgan fingerprint density at radius 1 is 0.517 bits per heavy atom. The van der Waals surface area contributed by atoms with Crippen molar-refractivity contribution in [1.29, 1.82) is 0 Å². The monoisotopic (exact) mass is 431 g/mol. The molecular weight excluding hydrogens is 378 g/mol. The van der Waals surface area contributed by atoms with Gasteiger partial charge < -0.3 is 0 Å². The summed E-state index contributed by atoms with van der Waals surface area (Å²) in [6, 6.07) is 0.130. The predicted molar refractivity (Wildman–Crippen MR) is 130 cm³/mol. The van der Waals surface area contributed by atoms with Crippen LogP contribution in [0.1, 0.15) is 150 Å². The zero-order valence-corrected chi connectivity index (χ0v) is 21.1. The van der Waals surface area contributed by atoms with E-state index in [1.807, 2.05) is 0 Å². The van der Waals surface area contributed by atoms with Crippen LogP contribution in [0.5, 0.6) is 0 Å². The molecule has 0 aliphatic rings. The second-order valence-electron chi connectivity index (χ2n) is 9.03. The third-order valence-corrected chi connectivity index (χ3v) is 8.08. The van der Waals surface area contributed by atoms with Crippen LogP contribution >= 0.6 is 0 Å². The van der Waals surface area contributed by atoms with E-state index >= 15 is 0 Å². The molecule has 0 aromatic carbocycles. The van der Waals surface area contributed by atoms with Gasteiger partial charge in [0.05, 0.1) is 5.25 Å². The van der Waals surface area contributed by atoms with E-state index in [2.05, 4.69) is 32.4 Å². The molecule has 2 unspecified atom stereocenters. The Morgan fingerprint density at radius 2 is 0.931 bits per heavy atom. The fourth-order valence-electron chi connectivity index (χ4n) is 4.16. The van der Waals surface area contributed by atoms with E-state index in [4.69, 9.17) is 0 Å². The number of rotatable bonds is 22. The van der Waals surface area contributed by atoms with E-state index in [1.54, 1.807) is 0 Å². The van der Waals surface area contributed by atoms with Crippen LogP contribution in [0.25, 0.3) is 0 Å². The minimum Gasteiger partial charge on any atom is -0.212 e. The fraction of sp³-hybridized carbons (Fsp3) is 1.00. The Labute approximate surface area is 184 Å². The van der Waals surface area contributed by atoms with E-state index in [9.17, 15) is 8.42 Å². The van der Waals surface area contributed by atoms with Gasteiger partial charge in [-0.05, 0) is 25.7 Å². The average molecular weight is 432 g/mol. The van der Waals surface area contributed by atoms with E-state index in [1.165, 1.54) is 51.4 Å². The summed E-state index contributed by atoms with van der Waals surface area (Å²) in [5.41, 5.74) is 0. The maximum absolute atomic E-state index is 13.2. The van der Waals surface area contributed by atoms with Gasteiger partial charge in [0.2, 0.25) is 10.0 Å². The van der Waals surface area contributed by atoms with E-state index < -0.39 is 10.0 Å². The molecule has 2 atom stereocenters. The molecule has 4 heteroatoms. The van der Waals surface area contributed by atoms with Gasteiger partial charge in [-0.15, -0.1) is 0 Å². The molecule has 0 aliphatic carbocycles. The van der Waals surface area contributed by atoms with E-state index in [-0.39, 0.29) is 11.3 Å². The van der Waals surface area contributed by atoms with Crippen LogP contribution in [0, 0.1) is 0 Å². The highest BCUT2D eigenvalue weighted by Gasteiger charge is 2.27. The van der Waals surface area contributed by atoms with Gasteiger partial charge in [-0.25, -0.2) is 13.1 Å². The lowest BCUT2D eigenvalue weighted by Crippen LogP contribution is -2.41. The third kappa shape index (κ3) is 16.3. The van der Waals surface area contributed by atoms with E-state index in [0.29, 0.717) is 0 Å². The van der Waals surface area contributed by atoms with Crippen LogP contribution in [-0.2, 0) is 10.0 Å². The zero-order valence-electron chi connectivity index (χ0n) is 20.3. The Balaban J connectivity index is 4.59. The molecule has 0 amide bonds. The summed E-state index contributed by atoms with van der Waals surface area (Å²) in [6.45, 7) is 8.80. The molecule has 29 heavy (non-hydrogen) atoms. The smallest absolute Gasteiger partial charge is 0.212 e. The van der Waals surface area contributed by atoms with Crippen LogP contribution in [0.3, 0.4) is 0 Å². The molecule has 0 aromatic heterocycles. The van der Waals surface area contributed by atoms with Crippen molar-refractivity contribution in [3.63, 3.8) is 0 Å². The van der Waals surface area contributed by atoms with Gasteiger partial charge in [-0.3, -0.25) is 0 Å². The molecule has 176 valence electrons. The molecule has 0 heterocycles. The van der Waals surface area contributed by atoms with Crippen LogP contribution in [0.15, 0.2) is 0 Å². The first-order valence-corrected chi connectivity index (χ1v) is 14.6. The average Bonchev–Trinajstić information content (AvgIpc) is 2.69. The maximum Gasteiger partial charge on any atom is 0.214 e. The van der Waals surface area contributed by atoms with Gasteiger partial charge in [0.1, 0.15) is 0 Å². The van der Waals surface area contributed by atoms with Crippen molar-refractivity contribution < 1.29 is 8.42 Å². The predicted octanol–water partition coefficient (Wildman–Crippen LogP) is 8.13. The van der Waals surface area contributed by atoms with E-state index in [0.717, 1.165) is 70.6 Å². The van der Waals surface area contributed by atoms with Crippen molar-refractivity contribution in [3.05, 3.63) is 0 Å². The summed E-state index contributed by atoms with van der Waals surface area (Å²) in [5, 5.41) is -0.195. The maximum atomic E-state index is 13.2. The number of unbranched alkanes of at least 4 members (excludes halogenated alkanes) is 11. The van der Waals surface area contributed by atoms with Crippen molar-refractivity contribution in [1.82, 2.24) is 4.72 Å². The SMILES string of the molecule is CCCCCCCCCC(CCC)NS(=O)(=O)C(CCCCC)CCCCCC. The van der Waals surface area contributed by atoms with Gasteiger partial charge in [-0.1, -0.05) is 124 Å². The third-order valence-electron chi connectivity index (χ3n) is 6.07. The number of sulfonamides is 1. The van der Waals surface area contributed by atoms with Crippen molar-refractivity contribution in [3.8, 4) is 0 Å². The van der Waals surface area contributed by atoms with Gasteiger partial charge in [0.25, 0.3) is 0 Å². The minimum absolute atomic E-state index is 0.130. The Morgan fingerprint density at radius 3 is 1.48 bits per heavy atom. The normalized spacial score (nSPS) is 14.2.